The number of amides is 3. The average molecular weight is 579 g/mol. The molecule has 42 heavy (non-hydrogen) atoms. The third-order valence-electron chi connectivity index (χ3n) is 6.99. The minimum absolute atomic E-state index is 0.0156. The molecule has 4 rings (SSSR count). The summed E-state index contributed by atoms with van der Waals surface area (Å²) in [7, 11) is 0. The summed E-state index contributed by atoms with van der Waals surface area (Å²) in [5, 5.41) is 40.1. The van der Waals surface area contributed by atoms with Gasteiger partial charge >= 0.3 is 5.97 Å². The number of aromatic hydroxyl groups is 2. The molecule has 0 bridgehead atoms. The molecule has 0 aliphatic carbocycles. The largest absolute Gasteiger partial charge is 0.508 e. The third-order valence-corrected chi connectivity index (χ3v) is 6.99. The number of hydrogen-bond donors (Lipinski definition) is 8. The monoisotopic (exact) mass is 578 g/mol. The van der Waals surface area contributed by atoms with Gasteiger partial charge in [0.2, 0.25) is 17.7 Å². The van der Waals surface area contributed by atoms with E-state index in [1.807, 2.05) is 0 Å². The molecule has 13 heteroatoms. The number of aliphatic carboxylic acids is 1. The zero-order valence-electron chi connectivity index (χ0n) is 22.7. The predicted octanol–water partition coefficient (Wildman–Crippen LogP) is 0.140. The van der Waals surface area contributed by atoms with Crippen molar-refractivity contribution in [3.8, 4) is 11.5 Å². The van der Waals surface area contributed by atoms with E-state index in [0.717, 1.165) is 6.42 Å². The van der Waals surface area contributed by atoms with Crippen molar-refractivity contribution >= 4 is 23.7 Å². The lowest BCUT2D eigenvalue weighted by atomic mass is 10.0. The number of carbonyl (C=O) groups is 4. The van der Waals surface area contributed by atoms with Gasteiger partial charge in [0.1, 0.15) is 29.6 Å². The van der Waals surface area contributed by atoms with Gasteiger partial charge < -0.3 is 41.6 Å². The molecule has 0 spiro atoms. The highest BCUT2D eigenvalue weighted by atomic mass is 16.4. The van der Waals surface area contributed by atoms with Crippen molar-refractivity contribution in [1.82, 2.24) is 31.2 Å². The van der Waals surface area contributed by atoms with Crippen molar-refractivity contribution in [3.05, 3.63) is 77.9 Å². The van der Waals surface area contributed by atoms with E-state index in [-0.39, 0.29) is 36.7 Å². The van der Waals surface area contributed by atoms with Crippen LogP contribution in [0.5, 0.6) is 11.5 Å². The van der Waals surface area contributed by atoms with E-state index >= 15 is 0 Å². The van der Waals surface area contributed by atoms with Crippen LogP contribution in [0, 0.1) is 0 Å². The number of benzene rings is 2. The molecule has 1 aliphatic rings. The Labute approximate surface area is 241 Å². The summed E-state index contributed by atoms with van der Waals surface area (Å²) in [5.41, 5.74) is 1.76. The molecule has 4 unspecified atom stereocenters. The van der Waals surface area contributed by atoms with Crippen molar-refractivity contribution in [2.45, 2.75) is 56.3 Å². The Morgan fingerprint density at radius 1 is 0.810 bits per heavy atom. The quantitative estimate of drug-likeness (QED) is 0.139. The van der Waals surface area contributed by atoms with Crippen LogP contribution in [-0.2, 0) is 38.4 Å². The van der Waals surface area contributed by atoms with Gasteiger partial charge in [0.15, 0.2) is 0 Å². The first-order chi connectivity index (χ1) is 20.2. The number of imidazole rings is 1. The number of aromatic amines is 1. The number of phenols is 2. The van der Waals surface area contributed by atoms with Gasteiger partial charge in [-0.1, -0.05) is 24.3 Å². The number of H-pyrrole nitrogens is 1. The number of nitrogens with zero attached hydrogens (tertiary/aromatic N) is 1. The molecule has 3 amide bonds. The zero-order chi connectivity index (χ0) is 30.1. The number of aromatic nitrogens is 2. The van der Waals surface area contributed by atoms with Gasteiger partial charge in [-0.25, -0.2) is 9.78 Å². The summed E-state index contributed by atoms with van der Waals surface area (Å²) in [6.07, 6.45) is 4.45. The molecular formula is C29H34N6O7. The maximum absolute atomic E-state index is 13.6. The van der Waals surface area contributed by atoms with Crippen molar-refractivity contribution in [1.29, 1.82) is 0 Å². The number of nitrogens with one attached hydrogen (secondary N) is 5. The molecule has 1 saturated heterocycles. The number of phenolic OH excluding ortho intramolecular Hbond substituents is 2. The molecule has 0 radical (unpaired) electrons. The van der Waals surface area contributed by atoms with Crippen LogP contribution in [-0.4, -0.2) is 79.7 Å². The normalized spacial score (nSPS) is 16.6. The molecule has 1 aromatic heterocycles. The lowest BCUT2D eigenvalue weighted by molar-refractivity contribution is -0.142. The summed E-state index contributed by atoms with van der Waals surface area (Å²) < 4.78 is 0. The van der Waals surface area contributed by atoms with Crippen LogP contribution in [0.4, 0.5) is 0 Å². The average Bonchev–Trinajstić information content (AvgIpc) is 3.69. The molecule has 222 valence electrons. The van der Waals surface area contributed by atoms with E-state index in [1.54, 1.807) is 24.3 Å². The van der Waals surface area contributed by atoms with Gasteiger partial charge in [0.05, 0.1) is 12.4 Å². The van der Waals surface area contributed by atoms with Crippen LogP contribution in [0.1, 0.15) is 29.7 Å². The Bertz CT molecular complexity index is 1360. The minimum atomic E-state index is -1.32. The Balaban J connectivity index is 1.53. The van der Waals surface area contributed by atoms with Crippen LogP contribution >= 0.6 is 0 Å². The standard InChI is InChI=1S/C29H34N6O7/c36-20-7-3-17(4-8-20)12-23(27(39)35-25(29(41)42)13-18-5-9-21(37)10-6-18)33-28(40)24(14-19-15-30-16-32-19)34-26(38)22-2-1-11-31-22/h3-10,15-16,22-25,31,36-37H,1-2,11-14H2,(H,30,32)(H,33,40)(H,34,38)(H,35,39)(H,41,42). The molecule has 1 aliphatic heterocycles. The van der Waals surface area contributed by atoms with Crippen LogP contribution in [0.2, 0.25) is 0 Å². The first kappa shape index (κ1) is 30.1. The maximum Gasteiger partial charge on any atom is 0.326 e. The van der Waals surface area contributed by atoms with E-state index in [0.29, 0.717) is 29.8 Å². The Hall–Kier alpha value is -4.91. The molecule has 0 saturated carbocycles. The summed E-state index contributed by atoms with van der Waals surface area (Å²) in [5.74, 6) is -2.96. The van der Waals surface area contributed by atoms with E-state index in [4.69, 9.17) is 0 Å². The first-order valence-corrected chi connectivity index (χ1v) is 13.6. The molecule has 8 N–H and O–H groups in total. The fraction of sp³-hybridized carbons (Fsp3) is 0.345. The van der Waals surface area contributed by atoms with Gasteiger partial charge in [-0.05, 0) is 54.8 Å². The van der Waals surface area contributed by atoms with Gasteiger partial charge in [0, 0.05) is 31.2 Å². The highest BCUT2D eigenvalue weighted by Crippen LogP contribution is 2.14. The van der Waals surface area contributed by atoms with E-state index in [1.165, 1.54) is 36.8 Å². The van der Waals surface area contributed by atoms with Crippen molar-refractivity contribution in [2.75, 3.05) is 6.54 Å². The van der Waals surface area contributed by atoms with Crippen LogP contribution in [0.3, 0.4) is 0 Å². The number of rotatable bonds is 13. The molecular weight excluding hydrogens is 544 g/mol. The fourth-order valence-electron chi connectivity index (χ4n) is 4.70. The molecule has 2 aromatic carbocycles. The topological polar surface area (TPSA) is 206 Å². The predicted molar refractivity (Wildman–Crippen MR) is 150 cm³/mol. The number of carboxylic acids is 1. The molecule has 3 aromatic rings. The molecule has 4 atom stereocenters. The number of hydrogen-bond acceptors (Lipinski definition) is 8. The SMILES string of the molecule is O=C(O)C(Cc1ccc(O)cc1)NC(=O)C(Cc1ccc(O)cc1)NC(=O)C(Cc1cnc[nH]1)NC(=O)C1CCCN1. The Morgan fingerprint density at radius 2 is 1.36 bits per heavy atom. The summed E-state index contributed by atoms with van der Waals surface area (Å²) >= 11 is 0. The number of carboxylic acid groups (broad SMARTS) is 1. The summed E-state index contributed by atoms with van der Waals surface area (Å²) in [4.78, 5) is 58.9. The van der Waals surface area contributed by atoms with Crippen molar-refractivity contribution in [2.24, 2.45) is 0 Å². The number of carbonyl (C=O) groups excluding carboxylic acids is 3. The first-order valence-electron chi connectivity index (χ1n) is 13.6. The highest BCUT2D eigenvalue weighted by molar-refractivity contribution is 5.94. The van der Waals surface area contributed by atoms with Gasteiger partial charge in [0.25, 0.3) is 0 Å². The van der Waals surface area contributed by atoms with Crippen molar-refractivity contribution < 1.29 is 34.5 Å². The van der Waals surface area contributed by atoms with E-state index in [2.05, 4.69) is 31.2 Å². The van der Waals surface area contributed by atoms with Gasteiger partial charge in [-0.3, -0.25) is 14.4 Å². The third kappa shape index (κ3) is 8.54. The summed E-state index contributed by atoms with van der Waals surface area (Å²) in [6, 6.07) is 7.95. The minimum Gasteiger partial charge on any atom is -0.508 e. The van der Waals surface area contributed by atoms with Crippen LogP contribution in [0.25, 0.3) is 0 Å². The van der Waals surface area contributed by atoms with Crippen LogP contribution in [0.15, 0.2) is 61.1 Å². The second-order valence-electron chi connectivity index (χ2n) is 10.2. The van der Waals surface area contributed by atoms with Gasteiger partial charge in [-0.2, -0.15) is 0 Å². The van der Waals surface area contributed by atoms with Crippen molar-refractivity contribution in [3.63, 3.8) is 0 Å². The second-order valence-corrected chi connectivity index (χ2v) is 10.2. The molecule has 1 fully saturated rings. The molecule has 13 nitrogen and oxygen atoms in total. The van der Waals surface area contributed by atoms with E-state index < -0.39 is 42.0 Å². The lowest BCUT2D eigenvalue weighted by Gasteiger charge is -2.25. The Kier molecular flexibility index (Phi) is 10.1. The fourth-order valence-corrected chi connectivity index (χ4v) is 4.70. The molecule has 2 heterocycles. The maximum atomic E-state index is 13.6. The summed E-state index contributed by atoms with van der Waals surface area (Å²) in [6.45, 7) is 0.694. The van der Waals surface area contributed by atoms with Gasteiger partial charge in [-0.15, -0.1) is 0 Å². The Morgan fingerprint density at radius 3 is 1.86 bits per heavy atom. The van der Waals surface area contributed by atoms with Crippen LogP contribution < -0.4 is 21.3 Å². The van der Waals surface area contributed by atoms with E-state index in [9.17, 15) is 34.5 Å². The smallest absolute Gasteiger partial charge is 0.326 e. The zero-order valence-corrected chi connectivity index (χ0v) is 22.7. The second kappa shape index (κ2) is 14.1. The lowest BCUT2D eigenvalue weighted by Crippen LogP contribution is -2.58. The highest BCUT2D eigenvalue weighted by Gasteiger charge is 2.32.